The van der Waals surface area contributed by atoms with Gasteiger partial charge in [-0.25, -0.2) is 0 Å². The van der Waals surface area contributed by atoms with Crippen LogP contribution in [0.25, 0.3) is 0 Å². The number of benzene rings is 1. The molecule has 0 fully saturated rings. The highest BCUT2D eigenvalue weighted by molar-refractivity contribution is 7.98. The normalized spacial score (nSPS) is 10.3. The summed E-state index contributed by atoms with van der Waals surface area (Å²) in [5, 5.41) is 4.95. The second-order valence-electron chi connectivity index (χ2n) is 4.41. The van der Waals surface area contributed by atoms with Crippen LogP contribution in [0.3, 0.4) is 0 Å². The number of thiophene rings is 1. The second kappa shape index (κ2) is 7.36. The standard InChI is InChI=1S/C15H18N2OS2/c1-17(12-5-3-6-13(9-12)19-2)11-15(18)16-10-14-7-4-8-20-14/h3-9H,10-11H2,1-2H3,(H,16,18). The van der Waals surface area contributed by atoms with Crippen LogP contribution in [0.15, 0.2) is 46.7 Å². The number of rotatable bonds is 6. The molecular formula is C15H18N2OS2. The fourth-order valence-corrected chi connectivity index (χ4v) is 2.91. The third-order valence-corrected chi connectivity index (χ3v) is 4.52. The molecule has 2 rings (SSSR count). The Morgan fingerprint density at radius 3 is 2.90 bits per heavy atom. The van der Waals surface area contributed by atoms with E-state index in [2.05, 4.69) is 17.4 Å². The maximum Gasteiger partial charge on any atom is 0.239 e. The van der Waals surface area contributed by atoms with Gasteiger partial charge in [0, 0.05) is 22.5 Å². The van der Waals surface area contributed by atoms with Gasteiger partial charge >= 0.3 is 0 Å². The van der Waals surface area contributed by atoms with Crippen molar-refractivity contribution in [3.05, 3.63) is 46.7 Å². The number of carbonyl (C=O) groups excluding carboxylic acids is 1. The van der Waals surface area contributed by atoms with Gasteiger partial charge in [-0.2, -0.15) is 0 Å². The Kier molecular flexibility index (Phi) is 5.49. The van der Waals surface area contributed by atoms with E-state index in [1.165, 1.54) is 9.77 Å². The minimum Gasteiger partial charge on any atom is -0.365 e. The first kappa shape index (κ1) is 14.9. The topological polar surface area (TPSA) is 32.3 Å². The molecule has 0 radical (unpaired) electrons. The first-order valence-corrected chi connectivity index (χ1v) is 8.44. The smallest absolute Gasteiger partial charge is 0.239 e. The zero-order valence-corrected chi connectivity index (χ0v) is 13.3. The lowest BCUT2D eigenvalue weighted by molar-refractivity contribution is -0.119. The summed E-state index contributed by atoms with van der Waals surface area (Å²) in [6.45, 7) is 0.971. The average molecular weight is 306 g/mol. The molecule has 3 nitrogen and oxygen atoms in total. The minimum absolute atomic E-state index is 0.0375. The molecule has 20 heavy (non-hydrogen) atoms. The van der Waals surface area contributed by atoms with Crippen LogP contribution in [-0.4, -0.2) is 25.8 Å². The number of hydrogen-bond donors (Lipinski definition) is 1. The third kappa shape index (κ3) is 4.28. The number of amides is 1. The summed E-state index contributed by atoms with van der Waals surface area (Å²) < 4.78 is 0. The van der Waals surface area contributed by atoms with E-state index in [9.17, 15) is 4.79 Å². The molecule has 0 saturated carbocycles. The summed E-state index contributed by atoms with van der Waals surface area (Å²) in [6, 6.07) is 12.2. The highest BCUT2D eigenvalue weighted by Gasteiger charge is 2.08. The van der Waals surface area contributed by atoms with Crippen molar-refractivity contribution in [1.29, 1.82) is 0 Å². The molecule has 1 N–H and O–H groups in total. The molecule has 2 aromatic rings. The Bertz CT molecular complexity index is 555. The Hall–Kier alpha value is -1.46. The van der Waals surface area contributed by atoms with Gasteiger partial charge in [-0.15, -0.1) is 23.1 Å². The predicted molar refractivity (Wildman–Crippen MR) is 87.7 cm³/mol. The van der Waals surface area contributed by atoms with Crippen molar-refractivity contribution < 1.29 is 4.79 Å². The van der Waals surface area contributed by atoms with Gasteiger partial charge in [0.15, 0.2) is 0 Å². The van der Waals surface area contributed by atoms with Crippen molar-refractivity contribution >= 4 is 34.7 Å². The molecule has 106 valence electrons. The van der Waals surface area contributed by atoms with Gasteiger partial charge in [0.05, 0.1) is 13.1 Å². The summed E-state index contributed by atoms with van der Waals surface area (Å²) in [5.41, 5.74) is 1.06. The number of nitrogens with zero attached hydrogens (tertiary/aromatic N) is 1. The lowest BCUT2D eigenvalue weighted by Gasteiger charge is -2.19. The molecule has 5 heteroatoms. The highest BCUT2D eigenvalue weighted by atomic mass is 32.2. The Morgan fingerprint density at radius 1 is 1.35 bits per heavy atom. The number of anilines is 1. The SMILES string of the molecule is CSc1cccc(N(C)CC(=O)NCc2cccs2)c1. The summed E-state index contributed by atoms with van der Waals surface area (Å²) in [7, 11) is 1.93. The third-order valence-electron chi connectivity index (χ3n) is 2.91. The van der Waals surface area contributed by atoms with Gasteiger partial charge in [-0.1, -0.05) is 12.1 Å². The average Bonchev–Trinajstić information content (AvgIpc) is 2.98. The molecule has 1 aromatic heterocycles. The van der Waals surface area contributed by atoms with Gasteiger partial charge in [0.2, 0.25) is 5.91 Å². The van der Waals surface area contributed by atoms with Crippen LogP contribution in [0, 0.1) is 0 Å². The quantitative estimate of drug-likeness (QED) is 0.832. The van der Waals surface area contributed by atoms with E-state index < -0.39 is 0 Å². The Balaban J connectivity index is 1.86. The van der Waals surface area contributed by atoms with Crippen LogP contribution in [0.2, 0.25) is 0 Å². The zero-order valence-electron chi connectivity index (χ0n) is 11.6. The summed E-state index contributed by atoms with van der Waals surface area (Å²) in [6.07, 6.45) is 2.05. The van der Waals surface area contributed by atoms with Crippen molar-refractivity contribution in [3.63, 3.8) is 0 Å². The molecule has 0 spiro atoms. The number of carbonyl (C=O) groups is 1. The molecule has 0 bridgehead atoms. The fourth-order valence-electron chi connectivity index (χ4n) is 1.81. The van der Waals surface area contributed by atoms with Crippen molar-refractivity contribution in [3.8, 4) is 0 Å². The first-order chi connectivity index (χ1) is 9.69. The maximum absolute atomic E-state index is 11.9. The Morgan fingerprint density at radius 2 is 2.20 bits per heavy atom. The van der Waals surface area contributed by atoms with Crippen LogP contribution in [0.4, 0.5) is 5.69 Å². The zero-order chi connectivity index (χ0) is 14.4. The fraction of sp³-hybridized carbons (Fsp3) is 0.267. The minimum atomic E-state index is 0.0375. The van der Waals surface area contributed by atoms with E-state index in [-0.39, 0.29) is 5.91 Å². The van der Waals surface area contributed by atoms with Crippen LogP contribution in [0.5, 0.6) is 0 Å². The van der Waals surface area contributed by atoms with Crippen molar-refractivity contribution in [1.82, 2.24) is 5.32 Å². The Labute approximate surface area is 128 Å². The molecule has 0 atom stereocenters. The van der Waals surface area contributed by atoms with Crippen LogP contribution < -0.4 is 10.2 Å². The molecule has 0 unspecified atom stereocenters. The number of likely N-dealkylation sites (N-methyl/N-ethyl adjacent to an activating group) is 1. The van der Waals surface area contributed by atoms with Crippen molar-refractivity contribution in [2.45, 2.75) is 11.4 Å². The van der Waals surface area contributed by atoms with Crippen molar-refractivity contribution in [2.75, 3.05) is 24.7 Å². The summed E-state index contributed by atoms with van der Waals surface area (Å²) in [4.78, 5) is 16.3. The number of thioether (sulfide) groups is 1. The summed E-state index contributed by atoms with van der Waals surface area (Å²) in [5.74, 6) is 0.0375. The first-order valence-electron chi connectivity index (χ1n) is 6.33. The monoisotopic (exact) mass is 306 g/mol. The van der Waals surface area contributed by atoms with E-state index in [1.807, 2.05) is 47.8 Å². The van der Waals surface area contributed by atoms with Gasteiger partial charge in [-0.3, -0.25) is 4.79 Å². The molecular weight excluding hydrogens is 288 g/mol. The van der Waals surface area contributed by atoms with Gasteiger partial charge < -0.3 is 10.2 Å². The number of hydrogen-bond acceptors (Lipinski definition) is 4. The van der Waals surface area contributed by atoms with E-state index in [1.54, 1.807) is 23.1 Å². The van der Waals surface area contributed by atoms with Crippen LogP contribution >= 0.6 is 23.1 Å². The number of nitrogens with one attached hydrogen (secondary N) is 1. The maximum atomic E-state index is 11.9. The van der Waals surface area contributed by atoms with Gasteiger partial charge in [-0.05, 0) is 35.9 Å². The van der Waals surface area contributed by atoms with Crippen LogP contribution in [-0.2, 0) is 11.3 Å². The van der Waals surface area contributed by atoms with E-state index >= 15 is 0 Å². The van der Waals surface area contributed by atoms with E-state index in [0.29, 0.717) is 13.1 Å². The van der Waals surface area contributed by atoms with Gasteiger partial charge in [0.1, 0.15) is 0 Å². The van der Waals surface area contributed by atoms with E-state index in [4.69, 9.17) is 0 Å². The molecule has 1 aromatic carbocycles. The molecule has 0 aliphatic heterocycles. The van der Waals surface area contributed by atoms with E-state index in [0.717, 1.165) is 5.69 Å². The van der Waals surface area contributed by atoms with Crippen LogP contribution in [0.1, 0.15) is 4.88 Å². The molecule has 1 heterocycles. The second-order valence-corrected chi connectivity index (χ2v) is 6.33. The lowest BCUT2D eigenvalue weighted by Crippen LogP contribution is -2.34. The highest BCUT2D eigenvalue weighted by Crippen LogP contribution is 2.21. The van der Waals surface area contributed by atoms with Crippen molar-refractivity contribution in [2.24, 2.45) is 0 Å². The predicted octanol–water partition coefficient (Wildman–Crippen LogP) is 3.22. The largest absolute Gasteiger partial charge is 0.365 e. The molecule has 0 aliphatic carbocycles. The lowest BCUT2D eigenvalue weighted by atomic mass is 10.3. The molecule has 0 aliphatic rings. The summed E-state index contributed by atoms with van der Waals surface area (Å²) >= 11 is 3.36. The molecule has 1 amide bonds. The molecule has 0 saturated heterocycles. The van der Waals surface area contributed by atoms with Gasteiger partial charge in [0.25, 0.3) is 0 Å².